The quantitative estimate of drug-likeness (QED) is 0.449. The Morgan fingerprint density at radius 2 is 1.95 bits per heavy atom. The number of nitriles is 1. The van der Waals surface area contributed by atoms with E-state index >= 15 is 4.39 Å². The van der Waals surface area contributed by atoms with E-state index in [9.17, 15) is 4.79 Å². The van der Waals surface area contributed by atoms with Crippen molar-refractivity contribution in [1.29, 1.82) is 5.26 Å². The molecule has 0 spiro atoms. The number of anilines is 2. The number of fused-ring (bicyclic) bond motifs is 1. The summed E-state index contributed by atoms with van der Waals surface area (Å²) in [7, 11) is 0. The zero-order valence-electron chi connectivity index (χ0n) is 23.3. The molecule has 0 radical (unpaired) electrons. The van der Waals surface area contributed by atoms with Crippen molar-refractivity contribution >= 4 is 23.1 Å². The summed E-state index contributed by atoms with van der Waals surface area (Å²) >= 11 is 0. The van der Waals surface area contributed by atoms with Gasteiger partial charge in [0.2, 0.25) is 11.7 Å². The number of piperazine rings is 1. The maximum atomic E-state index is 16.2. The lowest BCUT2D eigenvalue weighted by Crippen LogP contribution is -2.49. The highest BCUT2D eigenvalue weighted by molar-refractivity contribution is 5.79. The van der Waals surface area contributed by atoms with Crippen LogP contribution in [0.1, 0.15) is 32.1 Å². The number of carbonyl (C=O) groups excluding carboxylic acids is 1. The average molecular weight is 561 g/mol. The fraction of sp³-hybridized carbons (Fsp3) is 0.552. The van der Waals surface area contributed by atoms with Crippen molar-refractivity contribution in [3.05, 3.63) is 36.4 Å². The van der Waals surface area contributed by atoms with Crippen molar-refractivity contribution in [2.75, 3.05) is 69.1 Å². The van der Waals surface area contributed by atoms with E-state index in [0.717, 1.165) is 56.6 Å². The monoisotopic (exact) mass is 560 g/mol. The van der Waals surface area contributed by atoms with E-state index in [2.05, 4.69) is 25.6 Å². The Morgan fingerprint density at radius 3 is 2.76 bits per heavy atom. The van der Waals surface area contributed by atoms with Crippen molar-refractivity contribution in [2.45, 2.75) is 38.1 Å². The number of nitrogens with zero attached hydrogens (tertiary/aromatic N) is 8. The van der Waals surface area contributed by atoms with Gasteiger partial charge in [0.15, 0.2) is 17.5 Å². The first-order valence-corrected chi connectivity index (χ1v) is 14.7. The molecule has 1 atom stereocenters. The summed E-state index contributed by atoms with van der Waals surface area (Å²) in [5.41, 5.74) is 1.57. The van der Waals surface area contributed by atoms with Crippen LogP contribution in [0.4, 0.5) is 16.0 Å². The molecule has 6 rings (SSSR count). The second-order valence-corrected chi connectivity index (χ2v) is 11.3. The number of hydrogen-bond donors (Lipinski definition) is 2. The third kappa shape index (κ3) is 6.11. The van der Waals surface area contributed by atoms with Crippen LogP contribution in [-0.2, 0) is 4.79 Å². The lowest BCUT2D eigenvalue weighted by Gasteiger charge is -2.38. The molecular weight excluding hydrogens is 523 g/mol. The van der Waals surface area contributed by atoms with Crippen LogP contribution in [0, 0.1) is 23.1 Å². The van der Waals surface area contributed by atoms with Crippen LogP contribution < -0.4 is 15.5 Å². The average Bonchev–Trinajstić information content (AvgIpc) is 3.44. The fourth-order valence-electron chi connectivity index (χ4n) is 6.23. The van der Waals surface area contributed by atoms with Gasteiger partial charge in [-0.15, -0.1) is 0 Å². The second kappa shape index (κ2) is 12.4. The Labute approximate surface area is 239 Å². The van der Waals surface area contributed by atoms with E-state index in [1.807, 2.05) is 35.4 Å². The first kappa shape index (κ1) is 27.4. The highest BCUT2D eigenvalue weighted by atomic mass is 19.1. The van der Waals surface area contributed by atoms with Gasteiger partial charge in [-0.2, -0.15) is 14.8 Å². The standard InChI is InChI=1S/C29H37FN10O/c30-26-28(34-22-4-3-12-39(20-22)25(41)6-9-31)35-27(23-18-33-40-13-2-1-5-24(23)40)36-29(26)38-16-14-37(15-17-38)19-21-7-10-32-11-8-21/h1-2,5,13,18,21-22,32H,3-4,6-8,10-12,14-17,19-20H2,(H,34,35,36)/t22-/m1/s1. The number of nitrogens with one attached hydrogen (secondary N) is 2. The highest BCUT2D eigenvalue weighted by Crippen LogP contribution is 2.31. The number of piperidine rings is 2. The van der Waals surface area contributed by atoms with Crippen molar-refractivity contribution in [2.24, 2.45) is 5.92 Å². The highest BCUT2D eigenvalue weighted by Gasteiger charge is 2.29. The Balaban J connectivity index is 1.26. The molecular formula is C29H37FN10O. The topological polar surface area (TPSA) is 118 Å². The van der Waals surface area contributed by atoms with Gasteiger partial charge in [-0.05, 0) is 56.8 Å². The van der Waals surface area contributed by atoms with Gasteiger partial charge in [0.1, 0.15) is 6.42 Å². The molecule has 0 aromatic carbocycles. The summed E-state index contributed by atoms with van der Waals surface area (Å²) < 4.78 is 18.0. The van der Waals surface area contributed by atoms with E-state index in [1.54, 1.807) is 15.6 Å². The predicted molar refractivity (Wildman–Crippen MR) is 154 cm³/mol. The van der Waals surface area contributed by atoms with Crippen LogP contribution in [-0.4, -0.2) is 100 Å². The Bertz CT molecular complexity index is 1410. The number of likely N-dealkylation sites (tertiary alicyclic amines) is 1. The largest absolute Gasteiger partial charge is 0.363 e. The van der Waals surface area contributed by atoms with Gasteiger partial charge in [0, 0.05) is 58.1 Å². The first-order chi connectivity index (χ1) is 20.1. The molecule has 12 heteroatoms. The molecule has 0 saturated carbocycles. The van der Waals surface area contributed by atoms with Gasteiger partial charge in [0.05, 0.1) is 23.3 Å². The molecule has 1 amide bonds. The predicted octanol–water partition coefficient (Wildman–Crippen LogP) is 2.37. The summed E-state index contributed by atoms with van der Waals surface area (Å²) in [5, 5.41) is 20.1. The smallest absolute Gasteiger partial charge is 0.236 e. The van der Waals surface area contributed by atoms with Crippen LogP contribution in [0.2, 0.25) is 0 Å². The Hall–Kier alpha value is -3.82. The summed E-state index contributed by atoms with van der Waals surface area (Å²) in [4.78, 5) is 28.0. The number of hydrogen-bond acceptors (Lipinski definition) is 9. The molecule has 0 bridgehead atoms. The molecule has 0 unspecified atom stereocenters. The number of carbonyl (C=O) groups is 1. The van der Waals surface area contributed by atoms with E-state index in [1.165, 1.54) is 12.8 Å². The van der Waals surface area contributed by atoms with E-state index in [-0.39, 0.29) is 24.2 Å². The minimum atomic E-state index is -0.475. The lowest BCUT2D eigenvalue weighted by molar-refractivity contribution is -0.131. The zero-order valence-corrected chi connectivity index (χ0v) is 23.3. The van der Waals surface area contributed by atoms with Gasteiger partial charge in [0.25, 0.3) is 0 Å². The maximum absolute atomic E-state index is 16.2. The summed E-state index contributed by atoms with van der Waals surface area (Å²) in [6, 6.07) is 7.53. The Kier molecular flexibility index (Phi) is 8.25. The SMILES string of the molecule is N#CCC(=O)N1CCC[C@@H](Nc2nc(-c3cnn4ccccc34)nc(N3CCN(CC4CCNCC4)CC3)c2F)C1. The van der Waals surface area contributed by atoms with Gasteiger partial charge < -0.3 is 20.4 Å². The maximum Gasteiger partial charge on any atom is 0.236 e. The van der Waals surface area contributed by atoms with E-state index < -0.39 is 5.82 Å². The molecule has 3 aliphatic rings. The third-order valence-electron chi connectivity index (χ3n) is 8.49. The lowest BCUT2D eigenvalue weighted by atomic mass is 9.97. The molecule has 3 aromatic rings. The molecule has 6 heterocycles. The molecule has 3 fully saturated rings. The first-order valence-electron chi connectivity index (χ1n) is 14.7. The van der Waals surface area contributed by atoms with Gasteiger partial charge >= 0.3 is 0 Å². The van der Waals surface area contributed by atoms with Crippen LogP contribution >= 0.6 is 0 Å². The summed E-state index contributed by atoms with van der Waals surface area (Å²) in [6.45, 7) is 7.37. The minimum absolute atomic E-state index is 0.136. The zero-order chi connectivity index (χ0) is 28.2. The van der Waals surface area contributed by atoms with Crippen LogP contribution in [0.15, 0.2) is 30.6 Å². The molecule has 2 N–H and O–H groups in total. The van der Waals surface area contributed by atoms with Crippen molar-refractivity contribution in [1.82, 2.24) is 34.7 Å². The van der Waals surface area contributed by atoms with Crippen LogP contribution in [0.25, 0.3) is 16.9 Å². The number of amides is 1. The molecule has 3 aromatic heterocycles. The fourth-order valence-corrected chi connectivity index (χ4v) is 6.23. The minimum Gasteiger partial charge on any atom is -0.363 e. The Morgan fingerprint density at radius 1 is 1.12 bits per heavy atom. The van der Waals surface area contributed by atoms with Crippen LogP contribution in [0.5, 0.6) is 0 Å². The molecule has 0 aliphatic carbocycles. The normalized spacial score (nSPS) is 20.7. The number of halogens is 1. The van der Waals surface area contributed by atoms with Crippen molar-refractivity contribution in [3.63, 3.8) is 0 Å². The van der Waals surface area contributed by atoms with Crippen molar-refractivity contribution in [3.8, 4) is 17.5 Å². The van der Waals surface area contributed by atoms with Gasteiger partial charge in [-0.1, -0.05) is 6.07 Å². The van der Waals surface area contributed by atoms with Gasteiger partial charge in [-0.3, -0.25) is 9.69 Å². The molecule has 11 nitrogen and oxygen atoms in total. The number of pyridine rings is 1. The molecule has 3 saturated heterocycles. The number of aromatic nitrogens is 4. The van der Waals surface area contributed by atoms with E-state index in [0.29, 0.717) is 43.7 Å². The summed E-state index contributed by atoms with van der Waals surface area (Å²) in [5.74, 6) is 0.886. The van der Waals surface area contributed by atoms with Crippen molar-refractivity contribution < 1.29 is 9.18 Å². The molecule has 3 aliphatic heterocycles. The third-order valence-corrected chi connectivity index (χ3v) is 8.49. The second-order valence-electron chi connectivity index (χ2n) is 11.3. The molecule has 216 valence electrons. The van der Waals surface area contributed by atoms with E-state index in [4.69, 9.17) is 10.2 Å². The number of rotatable bonds is 7. The van der Waals surface area contributed by atoms with Gasteiger partial charge in [-0.25, -0.2) is 14.5 Å². The molecule has 41 heavy (non-hydrogen) atoms. The van der Waals surface area contributed by atoms with Crippen LogP contribution in [0.3, 0.4) is 0 Å². The summed E-state index contributed by atoms with van der Waals surface area (Å²) in [6.07, 6.45) is 7.39.